The number of hydrogen-bond acceptors (Lipinski definition) is 2. The number of fused-ring (bicyclic) bond motifs is 1. The minimum absolute atomic E-state index is 0.0507. The van der Waals surface area contributed by atoms with Gasteiger partial charge in [-0.2, -0.15) is 0 Å². The lowest BCUT2D eigenvalue weighted by Crippen LogP contribution is -2.51. The van der Waals surface area contributed by atoms with Gasteiger partial charge in [0.25, 0.3) is 0 Å². The summed E-state index contributed by atoms with van der Waals surface area (Å²) in [5.41, 5.74) is 7.52. The fourth-order valence-corrected chi connectivity index (χ4v) is 4.14. The van der Waals surface area contributed by atoms with Crippen molar-refractivity contribution < 1.29 is 4.74 Å². The van der Waals surface area contributed by atoms with Crippen LogP contribution in [-0.2, 0) is 0 Å². The zero-order chi connectivity index (χ0) is 13.6. The van der Waals surface area contributed by atoms with Gasteiger partial charge in [0.15, 0.2) is 0 Å². The van der Waals surface area contributed by atoms with E-state index in [1.54, 1.807) is 0 Å². The molecule has 0 bridgehead atoms. The van der Waals surface area contributed by atoms with Crippen LogP contribution in [0.1, 0.15) is 51.1 Å². The molecule has 1 aromatic carbocycles. The third kappa shape index (κ3) is 2.21. The summed E-state index contributed by atoms with van der Waals surface area (Å²) in [6.45, 7) is 4.68. The van der Waals surface area contributed by atoms with Crippen LogP contribution < -0.4 is 10.5 Å². The lowest BCUT2D eigenvalue weighted by Gasteiger charge is -2.49. The summed E-state index contributed by atoms with van der Waals surface area (Å²) < 4.78 is 7.55. The largest absolute Gasteiger partial charge is 0.487 e. The molecule has 2 N–H and O–H groups in total. The predicted octanol–water partition coefficient (Wildman–Crippen LogP) is 4.43. The fraction of sp³-hybridized carbons (Fsp3) is 0.625. The Bertz CT molecular complexity index is 490. The molecule has 2 aliphatic rings. The molecule has 4 unspecified atom stereocenters. The van der Waals surface area contributed by atoms with Gasteiger partial charge in [-0.05, 0) is 36.8 Å². The van der Waals surface area contributed by atoms with Gasteiger partial charge in [-0.25, -0.2) is 0 Å². The molecular weight excluding hydrogens is 302 g/mol. The molecule has 0 radical (unpaired) electrons. The van der Waals surface area contributed by atoms with Gasteiger partial charge in [0, 0.05) is 22.5 Å². The van der Waals surface area contributed by atoms with Crippen molar-refractivity contribution in [1.82, 2.24) is 0 Å². The zero-order valence-corrected chi connectivity index (χ0v) is 13.2. The van der Waals surface area contributed by atoms with Gasteiger partial charge < -0.3 is 10.5 Å². The number of halogens is 1. The first kappa shape index (κ1) is 13.4. The first-order valence-corrected chi connectivity index (χ1v) is 8.05. The van der Waals surface area contributed by atoms with Gasteiger partial charge in [-0.15, -0.1) is 0 Å². The monoisotopic (exact) mass is 323 g/mol. The predicted molar refractivity (Wildman–Crippen MR) is 81.2 cm³/mol. The van der Waals surface area contributed by atoms with E-state index < -0.39 is 0 Å². The first-order chi connectivity index (χ1) is 9.02. The van der Waals surface area contributed by atoms with E-state index in [1.165, 1.54) is 12.8 Å². The van der Waals surface area contributed by atoms with Crippen LogP contribution in [0.15, 0.2) is 22.7 Å². The van der Waals surface area contributed by atoms with Crippen LogP contribution in [0.25, 0.3) is 0 Å². The van der Waals surface area contributed by atoms with E-state index in [2.05, 4.69) is 41.9 Å². The molecule has 1 spiro atoms. The molecule has 1 heterocycles. The SMILES string of the molecule is CC1CCCC2(CC(N)c3ccc(Br)cc3O2)C1C. The van der Waals surface area contributed by atoms with E-state index in [4.69, 9.17) is 10.5 Å². The van der Waals surface area contributed by atoms with E-state index in [0.29, 0.717) is 5.92 Å². The minimum Gasteiger partial charge on any atom is -0.487 e. The third-order valence-corrected chi connectivity index (χ3v) is 5.69. The molecule has 1 fully saturated rings. The fourth-order valence-electron chi connectivity index (χ4n) is 3.80. The molecule has 1 aromatic rings. The maximum Gasteiger partial charge on any atom is 0.126 e. The number of nitrogens with two attached hydrogens (primary N) is 1. The summed E-state index contributed by atoms with van der Waals surface area (Å²) in [4.78, 5) is 0. The number of hydrogen-bond donors (Lipinski definition) is 1. The number of rotatable bonds is 0. The normalized spacial score (nSPS) is 37.8. The van der Waals surface area contributed by atoms with Crippen LogP contribution in [0, 0.1) is 11.8 Å². The quantitative estimate of drug-likeness (QED) is 0.766. The molecule has 1 aliphatic carbocycles. The second-order valence-electron chi connectivity index (χ2n) is 6.32. The second kappa shape index (κ2) is 4.78. The van der Waals surface area contributed by atoms with Crippen molar-refractivity contribution in [2.75, 3.05) is 0 Å². The Balaban J connectivity index is 1.99. The van der Waals surface area contributed by atoms with Crippen LogP contribution in [0.4, 0.5) is 0 Å². The van der Waals surface area contributed by atoms with Crippen LogP contribution in [-0.4, -0.2) is 5.60 Å². The maximum absolute atomic E-state index is 6.48. The summed E-state index contributed by atoms with van der Waals surface area (Å²) in [6, 6.07) is 6.31. The highest BCUT2D eigenvalue weighted by atomic mass is 79.9. The Morgan fingerprint density at radius 1 is 1.37 bits per heavy atom. The van der Waals surface area contributed by atoms with E-state index in [0.717, 1.165) is 34.5 Å². The Kier molecular flexibility index (Phi) is 3.38. The van der Waals surface area contributed by atoms with E-state index >= 15 is 0 Å². The average Bonchev–Trinajstić information content (AvgIpc) is 2.35. The van der Waals surface area contributed by atoms with Gasteiger partial charge in [0.2, 0.25) is 0 Å². The van der Waals surface area contributed by atoms with Gasteiger partial charge in [0.1, 0.15) is 11.4 Å². The molecular formula is C16H22BrNO. The third-order valence-electron chi connectivity index (χ3n) is 5.20. The lowest BCUT2D eigenvalue weighted by atomic mass is 9.66. The summed E-state index contributed by atoms with van der Waals surface area (Å²) in [5, 5.41) is 0. The van der Waals surface area contributed by atoms with Crippen LogP contribution in [0.3, 0.4) is 0 Å². The topological polar surface area (TPSA) is 35.2 Å². The standard InChI is InChI=1S/C16H22BrNO/c1-10-4-3-7-16(11(10)2)9-14(18)13-6-5-12(17)8-15(13)19-16/h5-6,8,10-11,14H,3-4,7,9,18H2,1-2H3. The van der Waals surface area contributed by atoms with E-state index in [9.17, 15) is 0 Å². The van der Waals surface area contributed by atoms with Crippen molar-refractivity contribution in [1.29, 1.82) is 0 Å². The summed E-state index contributed by atoms with van der Waals surface area (Å²) in [7, 11) is 0. The van der Waals surface area contributed by atoms with Gasteiger partial charge in [-0.3, -0.25) is 0 Å². The molecule has 0 saturated heterocycles. The van der Waals surface area contributed by atoms with Crippen LogP contribution in [0.5, 0.6) is 5.75 Å². The van der Waals surface area contributed by atoms with E-state index in [1.807, 2.05) is 6.07 Å². The lowest BCUT2D eigenvalue weighted by molar-refractivity contribution is -0.0614. The molecule has 2 nitrogen and oxygen atoms in total. The van der Waals surface area contributed by atoms with Crippen molar-refractivity contribution in [2.24, 2.45) is 17.6 Å². The minimum atomic E-state index is -0.0507. The first-order valence-electron chi connectivity index (χ1n) is 7.26. The summed E-state index contributed by atoms with van der Waals surface area (Å²) in [5.74, 6) is 2.27. The molecule has 104 valence electrons. The highest BCUT2D eigenvalue weighted by molar-refractivity contribution is 9.10. The smallest absolute Gasteiger partial charge is 0.126 e. The highest BCUT2D eigenvalue weighted by Gasteiger charge is 2.47. The Labute approximate surface area is 123 Å². The Morgan fingerprint density at radius 3 is 2.95 bits per heavy atom. The molecule has 4 atom stereocenters. The van der Waals surface area contributed by atoms with Crippen molar-refractivity contribution in [3.63, 3.8) is 0 Å². The molecule has 3 heteroatoms. The summed E-state index contributed by atoms with van der Waals surface area (Å²) in [6.07, 6.45) is 4.65. The van der Waals surface area contributed by atoms with Crippen LogP contribution in [0.2, 0.25) is 0 Å². The van der Waals surface area contributed by atoms with Gasteiger partial charge in [-0.1, -0.05) is 42.3 Å². The zero-order valence-electron chi connectivity index (χ0n) is 11.7. The molecule has 0 aromatic heterocycles. The van der Waals surface area contributed by atoms with Crippen LogP contribution >= 0.6 is 15.9 Å². The number of ether oxygens (including phenoxy) is 1. The molecule has 19 heavy (non-hydrogen) atoms. The van der Waals surface area contributed by atoms with Crippen molar-refractivity contribution >= 4 is 15.9 Å². The molecule has 0 amide bonds. The Hall–Kier alpha value is -0.540. The highest BCUT2D eigenvalue weighted by Crippen LogP contribution is 2.49. The summed E-state index contributed by atoms with van der Waals surface area (Å²) >= 11 is 3.53. The van der Waals surface area contributed by atoms with Crippen molar-refractivity contribution in [3.05, 3.63) is 28.2 Å². The molecule has 1 aliphatic heterocycles. The second-order valence-corrected chi connectivity index (χ2v) is 7.23. The molecule has 3 rings (SSSR count). The van der Waals surface area contributed by atoms with Gasteiger partial charge >= 0.3 is 0 Å². The van der Waals surface area contributed by atoms with Crippen molar-refractivity contribution in [3.8, 4) is 5.75 Å². The van der Waals surface area contributed by atoms with E-state index in [-0.39, 0.29) is 11.6 Å². The van der Waals surface area contributed by atoms with Crippen molar-refractivity contribution in [2.45, 2.75) is 51.2 Å². The van der Waals surface area contributed by atoms with Gasteiger partial charge in [0.05, 0.1) is 0 Å². The average molecular weight is 324 g/mol. The number of benzene rings is 1. The molecule has 1 saturated carbocycles. The Morgan fingerprint density at radius 2 is 2.16 bits per heavy atom. The maximum atomic E-state index is 6.48.